The highest BCUT2D eigenvalue weighted by Gasteiger charge is 2.51. The van der Waals surface area contributed by atoms with Gasteiger partial charge in [-0.1, -0.05) is 6.07 Å². The molecule has 2 rings (SSSR count). The Kier molecular flexibility index (Phi) is 4.01. The van der Waals surface area contributed by atoms with Crippen molar-refractivity contribution in [1.82, 2.24) is 0 Å². The first-order valence-corrected chi connectivity index (χ1v) is 7.41. The van der Waals surface area contributed by atoms with Crippen LogP contribution in [0.2, 0.25) is 0 Å². The van der Waals surface area contributed by atoms with Crippen molar-refractivity contribution in [1.29, 1.82) is 0 Å². The quantitative estimate of drug-likeness (QED) is 0.454. The fourth-order valence-electron chi connectivity index (χ4n) is 2.01. The third kappa shape index (κ3) is 2.99. The van der Waals surface area contributed by atoms with Crippen LogP contribution in [0.15, 0.2) is 18.2 Å². The lowest BCUT2D eigenvalue weighted by Crippen LogP contribution is -2.41. The van der Waals surface area contributed by atoms with Gasteiger partial charge in [0.15, 0.2) is 0 Å². The van der Waals surface area contributed by atoms with Crippen LogP contribution in [0.3, 0.4) is 0 Å². The minimum absolute atomic E-state index is 0.314. The number of hydrogen-bond acceptors (Lipinski definition) is 2. The van der Waals surface area contributed by atoms with Gasteiger partial charge in [-0.25, -0.2) is 0 Å². The summed E-state index contributed by atoms with van der Waals surface area (Å²) in [5, 5.41) is 0. The third-order valence-electron chi connectivity index (χ3n) is 3.81. The van der Waals surface area contributed by atoms with E-state index in [0.29, 0.717) is 6.42 Å². The predicted octanol–water partition coefficient (Wildman–Crippen LogP) is 2.77. The van der Waals surface area contributed by atoms with E-state index in [1.165, 1.54) is 0 Å². The molecular weight excluding hydrogens is 350 g/mol. The van der Waals surface area contributed by atoms with Gasteiger partial charge in [-0.05, 0) is 73.4 Å². The Labute approximate surface area is 129 Å². The van der Waals surface area contributed by atoms with Crippen molar-refractivity contribution in [2.45, 2.75) is 45.3 Å². The van der Waals surface area contributed by atoms with Crippen LogP contribution in [0.5, 0.6) is 0 Å². The minimum Gasteiger partial charge on any atom is -0.399 e. The van der Waals surface area contributed by atoms with Gasteiger partial charge in [0.05, 0.1) is 11.2 Å². The maximum Gasteiger partial charge on any atom is 0.494 e. The zero-order valence-corrected chi connectivity index (χ0v) is 13.9. The van der Waals surface area contributed by atoms with Gasteiger partial charge in [-0.3, -0.25) is 0 Å². The summed E-state index contributed by atoms with van der Waals surface area (Å²) in [5.74, 6) is 2.68. The molecule has 0 N–H and O–H groups in total. The predicted molar refractivity (Wildman–Crippen MR) is 87.4 cm³/mol. The van der Waals surface area contributed by atoms with Gasteiger partial charge in [-0.2, -0.15) is 0 Å². The molecule has 0 bridgehead atoms. The molecule has 0 spiro atoms. The number of halogens is 1. The fourth-order valence-corrected chi connectivity index (χ4v) is 2.77. The molecule has 2 nitrogen and oxygen atoms in total. The average molecular weight is 368 g/mol. The monoisotopic (exact) mass is 368 g/mol. The summed E-state index contributed by atoms with van der Waals surface area (Å²) in [7, 11) is -0.323. The number of benzene rings is 1. The lowest BCUT2D eigenvalue weighted by molar-refractivity contribution is 0.00578. The first kappa shape index (κ1) is 14.9. The Balaban J connectivity index is 2.32. The third-order valence-corrected chi connectivity index (χ3v) is 4.43. The first-order chi connectivity index (χ1) is 8.75. The van der Waals surface area contributed by atoms with E-state index in [-0.39, 0.29) is 18.3 Å². The van der Waals surface area contributed by atoms with Crippen molar-refractivity contribution < 1.29 is 9.31 Å². The summed E-state index contributed by atoms with van der Waals surface area (Å²) < 4.78 is 13.3. The highest BCUT2D eigenvalue weighted by molar-refractivity contribution is 14.1. The van der Waals surface area contributed by atoms with E-state index in [1.54, 1.807) is 0 Å². The van der Waals surface area contributed by atoms with Crippen LogP contribution in [0.1, 0.15) is 33.3 Å². The molecule has 1 aliphatic rings. The Morgan fingerprint density at radius 1 is 1.16 bits per heavy atom. The second-order valence-electron chi connectivity index (χ2n) is 5.86. The normalized spacial score (nSPS) is 20.3. The zero-order valence-electron chi connectivity index (χ0n) is 11.8. The molecule has 1 heterocycles. The summed E-state index contributed by atoms with van der Waals surface area (Å²) in [6, 6.07) is 6.25. The summed E-state index contributed by atoms with van der Waals surface area (Å²) in [4.78, 5) is 0. The maximum atomic E-state index is 6.06. The number of rotatable bonds is 2. The molecule has 1 aromatic rings. The number of terminal acetylenes is 1. The van der Waals surface area contributed by atoms with Gasteiger partial charge in [0.1, 0.15) is 0 Å². The van der Waals surface area contributed by atoms with E-state index in [2.05, 4.69) is 74.4 Å². The Bertz CT molecular complexity index is 515. The molecule has 100 valence electrons. The second kappa shape index (κ2) is 5.12. The first-order valence-electron chi connectivity index (χ1n) is 6.34. The molecule has 1 aromatic carbocycles. The molecule has 1 fully saturated rings. The summed E-state index contributed by atoms with van der Waals surface area (Å²) in [6.45, 7) is 8.24. The van der Waals surface area contributed by atoms with Gasteiger partial charge in [-0.15, -0.1) is 12.3 Å². The van der Waals surface area contributed by atoms with Crippen LogP contribution in [0.4, 0.5) is 0 Å². The smallest absolute Gasteiger partial charge is 0.399 e. The average Bonchev–Trinajstić information content (AvgIpc) is 2.48. The van der Waals surface area contributed by atoms with Gasteiger partial charge in [0, 0.05) is 9.99 Å². The Morgan fingerprint density at radius 3 is 2.26 bits per heavy atom. The van der Waals surface area contributed by atoms with Crippen LogP contribution in [-0.4, -0.2) is 18.3 Å². The summed E-state index contributed by atoms with van der Waals surface area (Å²) >= 11 is 2.30. The SMILES string of the molecule is C#CCc1cc(I)cc(B2OC(C)(C)C(C)(C)O2)c1. The van der Waals surface area contributed by atoms with E-state index >= 15 is 0 Å². The Hall–Kier alpha value is -0.505. The van der Waals surface area contributed by atoms with Crippen LogP contribution in [-0.2, 0) is 15.7 Å². The molecule has 0 saturated carbocycles. The van der Waals surface area contributed by atoms with Gasteiger partial charge >= 0.3 is 7.12 Å². The van der Waals surface area contributed by atoms with Crippen molar-refractivity contribution in [3.8, 4) is 12.3 Å². The molecule has 0 amide bonds. The zero-order chi connectivity index (χ0) is 14.3. The second-order valence-corrected chi connectivity index (χ2v) is 7.11. The molecular formula is C15H18BIO2. The van der Waals surface area contributed by atoms with E-state index in [1.807, 2.05) is 0 Å². The lowest BCUT2D eigenvalue weighted by atomic mass is 9.78. The molecule has 0 atom stereocenters. The highest BCUT2D eigenvalue weighted by atomic mass is 127. The van der Waals surface area contributed by atoms with Crippen molar-refractivity contribution in [3.63, 3.8) is 0 Å². The van der Waals surface area contributed by atoms with Gasteiger partial charge in [0.25, 0.3) is 0 Å². The molecule has 19 heavy (non-hydrogen) atoms. The van der Waals surface area contributed by atoms with Gasteiger partial charge in [0.2, 0.25) is 0 Å². The fraction of sp³-hybridized carbons (Fsp3) is 0.467. The van der Waals surface area contributed by atoms with Crippen LogP contribution in [0, 0.1) is 15.9 Å². The largest absolute Gasteiger partial charge is 0.494 e. The minimum atomic E-state index is -0.323. The number of hydrogen-bond donors (Lipinski definition) is 0. The highest BCUT2D eigenvalue weighted by Crippen LogP contribution is 2.36. The molecule has 1 aliphatic heterocycles. The molecule has 0 radical (unpaired) electrons. The van der Waals surface area contributed by atoms with E-state index in [0.717, 1.165) is 14.6 Å². The van der Waals surface area contributed by atoms with Crippen molar-refractivity contribution in [2.24, 2.45) is 0 Å². The Morgan fingerprint density at radius 2 is 1.74 bits per heavy atom. The maximum absolute atomic E-state index is 6.06. The van der Waals surface area contributed by atoms with Crippen molar-refractivity contribution in [2.75, 3.05) is 0 Å². The van der Waals surface area contributed by atoms with Crippen molar-refractivity contribution in [3.05, 3.63) is 27.3 Å². The van der Waals surface area contributed by atoms with Crippen molar-refractivity contribution >= 4 is 35.2 Å². The molecule has 4 heteroatoms. The standard InChI is InChI=1S/C15H18BIO2/c1-6-7-11-8-12(10-13(17)9-11)16-18-14(2,3)15(4,5)19-16/h1,8-10H,7H2,2-5H3. The van der Waals surface area contributed by atoms with E-state index < -0.39 is 0 Å². The molecule has 0 aliphatic carbocycles. The molecule has 0 unspecified atom stereocenters. The molecule has 0 aromatic heterocycles. The molecule has 1 saturated heterocycles. The van der Waals surface area contributed by atoms with Crippen LogP contribution >= 0.6 is 22.6 Å². The van der Waals surface area contributed by atoms with Gasteiger partial charge < -0.3 is 9.31 Å². The lowest BCUT2D eigenvalue weighted by Gasteiger charge is -2.32. The van der Waals surface area contributed by atoms with E-state index in [9.17, 15) is 0 Å². The summed E-state index contributed by atoms with van der Waals surface area (Å²) in [5.41, 5.74) is 1.53. The van der Waals surface area contributed by atoms with Crippen LogP contribution < -0.4 is 5.46 Å². The topological polar surface area (TPSA) is 18.5 Å². The van der Waals surface area contributed by atoms with Crippen LogP contribution in [0.25, 0.3) is 0 Å². The van der Waals surface area contributed by atoms with E-state index in [4.69, 9.17) is 15.7 Å². The summed E-state index contributed by atoms with van der Waals surface area (Å²) in [6.07, 6.45) is 6.01.